The van der Waals surface area contributed by atoms with Crippen molar-refractivity contribution in [3.63, 3.8) is 0 Å². The summed E-state index contributed by atoms with van der Waals surface area (Å²) in [6.07, 6.45) is 0.863. The second-order valence-corrected chi connectivity index (χ2v) is 6.91. The number of rotatable bonds is 6. The van der Waals surface area contributed by atoms with Crippen LogP contribution >= 0.6 is 12.4 Å². The van der Waals surface area contributed by atoms with E-state index in [2.05, 4.69) is 59.2 Å². The average molecular weight is 351 g/mol. The van der Waals surface area contributed by atoms with Gasteiger partial charge in [0.05, 0.1) is 6.54 Å². The van der Waals surface area contributed by atoms with Gasteiger partial charge in [0.15, 0.2) is 5.82 Å². The third kappa shape index (κ3) is 4.56. The summed E-state index contributed by atoms with van der Waals surface area (Å²) >= 11 is 0. The number of hydrogen-bond acceptors (Lipinski definition) is 5. The van der Waals surface area contributed by atoms with E-state index in [1.807, 2.05) is 0 Å². The number of benzene rings is 1. The van der Waals surface area contributed by atoms with Crippen LogP contribution in [0.3, 0.4) is 0 Å². The molecule has 132 valence electrons. The first-order chi connectivity index (χ1) is 11.2. The SMILES string of the molecule is CC(C)Cc1noc(CN2C[C@@H](CN)[C@H](c3ccccc3)C2)n1.Cl. The minimum atomic E-state index is 0. The van der Waals surface area contributed by atoms with Crippen LogP contribution in [0.2, 0.25) is 0 Å². The van der Waals surface area contributed by atoms with Crippen LogP contribution in [-0.4, -0.2) is 34.7 Å². The van der Waals surface area contributed by atoms with Crippen LogP contribution in [0, 0.1) is 11.8 Å². The number of likely N-dealkylation sites (tertiary alicyclic amines) is 1. The molecule has 5 nitrogen and oxygen atoms in total. The minimum Gasteiger partial charge on any atom is -0.338 e. The fourth-order valence-electron chi connectivity index (χ4n) is 3.40. The molecule has 2 heterocycles. The summed E-state index contributed by atoms with van der Waals surface area (Å²) in [5.41, 5.74) is 7.37. The summed E-state index contributed by atoms with van der Waals surface area (Å²) in [5, 5.41) is 4.08. The van der Waals surface area contributed by atoms with Crippen LogP contribution in [0.4, 0.5) is 0 Å². The molecule has 1 aromatic heterocycles. The van der Waals surface area contributed by atoms with Crippen LogP contribution in [0.25, 0.3) is 0 Å². The largest absolute Gasteiger partial charge is 0.338 e. The molecular formula is C18H27ClN4O. The Morgan fingerprint density at radius 2 is 2.00 bits per heavy atom. The Labute approximate surface area is 150 Å². The monoisotopic (exact) mass is 350 g/mol. The van der Waals surface area contributed by atoms with Crippen LogP contribution in [-0.2, 0) is 13.0 Å². The Morgan fingerprint density at radius 3 is 2.67 bits per heavy atom. The van der Waals surface area contributed by atoms with Gasteiger partial charge in [0.2, 0.25) is 5.89 Å². The van der Waals surface area contributed by atoms with Gasteiger partial charge in [-0.3, -0.25) is 4.90 Å². The zero-order chi connectivity index (χ0) is 16.2. The van der Waals surface area contributed by atoms with Crippen molar-refractivity contribution < 1.29 is 4.52 Å². The number of aromatic nitrogens is 2. The summed E-state index contributed by atoms with van der Waals surface area (Å²) in [7, 11) is 0. The lowest BCUT2D eigenvalue weighted by atomic mass is 9.89. The molecule has 0 radical (unpaired) electrons. The summed E-state index contributed by atoms with van der Waals surface area (Å²) in [6.45, 7) is 7.72. The lowest BCUT2D eigenvalue weighted by Gasteiger charge is -2.16. The lowest BCUT2D eigenvalue weighted by Crippen LogP contribution is -2.23. The molecule has 0 aliphatic carbocycles. The zero-order valence-corrected chi connectivity index (χ0v) is 15.2. The maximum absolute atomic E-state index is 6.00. The van der Waals surface area contributed by atoms with E-state index >= 15 is 0 Å². The van der Waals surface area contributed by atoms with Gasteiger partial charge in [0.1, 0.15) is 0 Å². The highest BCUT2D eigenvalue weighted by atomic mass is 35.5. The van der Waals surface area contributed by atoms with E-state index in [-0.39, 0.29) is 12.4 Å². The highest BCUT2D eigenvalue weighted by Crippen LogP contribution is 2.32. The first-order valence-corrected chi connectivity index (χ1v) is 8.44. The topological polar surface area (TPSA) is 68.2 Å². The van der Waals surface area contributed by atoms with Gasteiger partial charge in [-0.1, -0.05) is 49.3 Å². The van der Waals surface area contributed by atoms with E-state index in [9.17, 15) is 0 Å². The van der Waals surface area contributed by atoms with Gasteiger partial charge >= 0.3 is 0 Å². The van der Waals surface area contributed by atoms with Gasteiger partial charge in [-0.2, -0.15) is 4.98 Å². The van der Waals surface area contributed by atoms with Crippen molar-refractivity contribution in [3.05, 3.63) is 47.6 Å². The van der Waals surface area contributed by atoms with Crippen molar-refractivity contribution in [2.75, 3.05) is 19.6 Å². The molecule has 1 aliphatic heterocycles. The Hall–Kier alpha value is -1.43. The molecule has 1 saturated heterocycles. The molecule has 6 heteroatoms. The van der Waals surface area contributed by atoms with Crippen LogP contribution in [0.15, 0.2) is 34.9 Å². The molecule has 0 bridgehead atoms. The first-order valence-electron chi connectivity index (χ1n) is 8.44. The third-order valence-electron chi connectivity index (χ3n) is 4.51. The highest BCUT2D eigenvalue weighted by molar-refractivity contribution is 5.85. The molecule has 0 amide bonds. The Kier molecular flexibility index (Phi) is 6.78. The molecule has 2 atom stereocenters. The fraction of sp³-hybridized carbons (Fsp3) is 0.556. The van der Waals surface area contributed by atoms with Gasteiger partial charge in [-0.25, -0.2) is 0 Å². The normalized spacial score (nSPS) is 21.2. The Morgan fingerprint density at radius 1 is 1.25 bits per heavy atom. The van der Waals surface area contributed by atoms with Gasteiger partial charge in [0.25, 0.3) is 0 Å². The Balaban J connectivity index is 0.00000208. The standard InChI is InChI=1S/C18H26N4O.ClH/c1-13(2)8-17-20-18(23-21-17)12-22-10-15(9-19)16(11-22)14-6-4-3-5-7-14;/h3-7,13,15-16H,8-12,19H2,1-2H3;1H/t15-,16+;/m1./s1. The Bertz CT molecular complexity index is 616. The fourth-order valence-corrected chi connectivity index (χ4v) is 3.40. The minimum absolute atomic E-state index is 0. The molecule has 3 rings (SSSR count). The zero-order valence-electron chi connectivity index (χ0n) is 14.4. The van der Waals surface area contributed by atoms with Crippen molar-refractivity contribution in [3.8, 4) is 0 Å². The highest BCUT2D eigenvalue weighted by Gasteiger charge is 2.33. The first kappa shape index (κ1) is 18.9. The average Bonchev–Trinajstić information content (AvgIpc) is 3.14. The molecule has 1 fully saturated rings. The van der Waals surface area contributed by atoms with E-state index in [0.717, 1.165) is 25.3 Å². The van der Waals surface area contributed by atoms with E-state index in [1.165, 1.54) is 5.56 Å². The summed E-state index contributed by atoms with van der Waals surface area (Å²) in [4.78, 5) is 6.89. The number of nitrogens with zero attached hydrogens (tertiary/aromatic N) is 3. The van der Waals surface area contributed by atoms with E-state index in [1.54, 1.807) is 0 Å². The van der Waals surface area contributed by atoms with E-state index < -0.39 is 0 Å². The molecule has 0 unspecified atom stereocenters. The van der Waals surface area contributed by atoms with Crippen molar-refractivity contribution >= 4 is 12.4 Å². The van der Waals surface area contributed by atoms with Gasteiger partial charge in [-0.05, 0) is 23.9 Å². The molecule has 1 aromatic carbocycles. The molecular weight excluding hydrogens is 324 g/mol. The van der Waals surface area contributed by atoms with Crippen LogP contribution in [0.1, 0.15) is 37.0 Å². The predicted molar refractivity (Wildman–Crippen MR) is 97.1 cm³/mol. The summed E-state index contributed by atoms with van der Waals surface area (Å²) in [6, 6.07) is 10.7. The lowest BCUT2D eigenvalue weighted by molar-refractivity contribution is 0.259. The number of nitrogens with two attached hydrogens (primary N) is 1. The van der Waals surface area contributed by atoms with E-state index in [0.29, 0.717) is 36.7 Å². The quantitative estimate of drug-likeness (QED) is 0.867. The maximum Gasteiger partial charge on any atom is 0.240 e. The second kappa shape index (κ2) is 8.60. The van der Waals surface area contributed by atoms with Crippen molar-refractivity contribution in [1.29, 1.82) is 0 Å². The molecule has 0 saturated carbocycles. The molecule has 24 heavy (non-hydrogen) atoms. The van der Waals surface area contributed by atoms with Gasteiger partial charge in [-0.15, -0.1) is 12.4 Å². The number of halogens is 1. The molecule has 2 N–H and O–H groups in total. The van der Waals surface area contributed by atoms with Crippen molar-refractivity contribution in [2.24, 2.45) is 17.6 Å². The third-order valence-corrected chi connectivity index (χ3v) is 4.51. The maximum atomic E-state index is 6.00. The van der Waals surface area contributed by atoms with Crippen molar-refractivity contribution in [1.82, 2.24) is 15.0 Å². The van der Waals surface area contributed by atoms with Crippen LogP contribution < -0.4 is 5.73 Å². The van der Waals surface area contributed by atoms with E-state index in [4.69, 9.17) is 10.3 Å². The number of hydrogen-bond donors (Lipinski definition) is 1. The smallest absolute Gasteiger partial charge is 0.240 e. The van der Waals surface area contributed by atoms with Crippen LogP contribution in [0.5, 0.6) is 0 Å². The van der Waals surface area contributed by atoms with Crippen molar-refractivity contribution in [2.45, 2.75) is 32.7 Å². The summed E-state index contributed by atoms with van der Waals surface area (Å²) < 4.78 is 5.40. The van der Waals surface area contributed by atoms with Gasteiger partial charge < -0.3 is 10.3 Å². The van der Waals surface area contributed by atoms with Gasteiger partial charge in [0, 0.05) is 25.4 Å². The predicted octanol–water partition coefficient (Wildman–Crippen LogP) is 2.86. The molecule has 2 aromatic rings. The second-order valence-electron chi connectivity index (χ2n) is 6.91. The summed E-state index contributed by atoms with van der Waals surface area (Å²) in [5.74, 6) is 3.03. The molecule has 1 aliphatic rings. The molecule has 0 spiro atoms.